The minimum atomic E-state index is -0.0126. The standard InChI is InChI=1S/C23H25N3O2/c1-16-8-9-21-18(14-16)17-10-13-25(15-22(17)28-21)11-4-5-12-26-20-7-3-2-6-19(20)24-23(26)27/h2-3,6-9,14H,4-5,10-13,15H2,1H3,(H,24,27). The van der Waals surface area contributed by atoms with Crippen LogP contribution in [-0.2, 0) is 19.5 Å². The number of unbranched alkanes of at least 4 members (excludes halogenated alkanes) is 1. The molecule has 5 rings (SSSR count). The molecule has 0 amide bonds. The lowest BCUT2D eigenvalue weighted by molar-refractivity contribution is 0.226. The fourth-order valence-electron chi connectivity index (χ4n) is 4.39. The second-order valence-corrected chi connectivity index (χ2v) is 7.84. The molecule has 144 valence electrons. The average molecular weight is 375 g/mol. The molecule has 5 heteroatoms. The van der Waals surface area contributed by atoms with Crippen molar-refractivity contribution < 1.29 is 4.42 Å². The molecule has 2 aromatic heterocycles. The highest BCUT2D eigenvalue weighted by atomic mass is 16.3. The minimum Gasteiger partial charge on any atom is -0.459 e. The van der Waals surface area contributed by atoms with Crippen molar-refractivity contribution in [2.75, 3.05) is 13.1 Å². The number of para-hydroxylation sites is 2. The van der Waals surface area contributed by atoms with Crippen LogP contribution in [0.2, 0.25) is 0 Å². The molecular weight excluding hydrogens is 350 g/mol. The highest BCUT2D eigenvalue weighted by molar-refractivity contribution is 5.83. The van der Waals surface area contributed by atoms with Gasteiger partial charge in [0.15, 0.2) is 0 Å². The number of furan rings is 1. The first kappa shape index (κ1) is 17.3. The zero-order valence-electron chi connectivity index (χ0n) is 16.2. The first-order valence-electron chi connectivity index (χ1n) is 10.1. The van der Waals surface area contributed by atoms with Crippen molar-refractivity contribution in [2.24, 2.45) is 0 Å². The van der Waals surface area contributed by atoms with Crippen molar-refractivity contribution in [3.63, 3.8) is 0 Å². The molecule has 1 aliphatic rings. The van der Waals surface area contributed by atoms with Gasteiger partial charge in [-0.3, -0.25) is 9.47 Å². The number of nitrogens with zero attached hydrogens (tertiary/aromatic N) is 2. The Morgan fingerprint density at radius 3 is 2.89 bits per heavy atom. The Bertz CT molecular complexity index is 1200. The summed E-state index contributed by atoms with van der Waals surface area (Å²) in [6.45, 7) is 5.88. The van der Waals surface area contributed by atoms with Crippen molar-refractivity contribution >= 4 is 22.0 Å². The summed E-state index contributed by atoms with van der Waals surface area (Å²) >= 11 is 0. The van der Waals surface area contributed by atoms with E-state index >= 15 is 0 Å². The maximum Gasteiger partial charge on any atom is 0.326 e. The molecule has 4 aromatic rings. The van der Waals surface area contributed by atoms with E-state index in [1.165, 1.54) is 16.5 Å². The van der Waals surface area contributed by atoms with Crippen LogP contribution in [0.3, 0.4) is 0 Å². The second kappa shape index (κ2) is 6.99. The zero-order chi connectivity index (χ0) is 19.1. The summed E-state index contributed by atoms with van der Waals surface area (Å²) in [6, 6.07) is 14.3. The van der Waals surface area contributed by atoms with Crippen LogP contribution in [-0.4, -0.2) is 27.5 Å². The van der Waals surface area contributed by atoms with Crippen LogP contribution in [0.15, 0.2) is 51.7 Å². The Hall–Kier alpha value is -2.79. The number of aryl methyl sites for hydroxylation is 2. The number of aromatic amines is 1. The highest BCUT2D eigenvalue weighted by Gasteiger charge is 2.22. The number of rotatable bonds is 5. The summed E-state index contributed by atoms with van der Waals surface area (Å²) in [6.07, 6.45) is 3.11. The summed E-state index contributed by atoms with van der Waals surface area (Å²) in [7, 11) is 0. The molecule has 0 spiro atoms. The molecule has 0 saturated heterocycles. The predicted molar refractivity (Wildman–Crippen MR) is 112 cm³/mol. The molecule has 2 aromatic carbocycles. The van der Waals surface area contributed by atoms with E-state index in [1.807, 2.05) is 28.8 Å². The highest BCUT2D eigenvalue weighted by Crippen LogP contribution is 2.31. The third-order valence-corrected chi connectivity index (χ3v) is 5.86. The third-order valence-electron chi connectivity index (χ3n) is 5.86. The smallest absolute Gasteiger partial charge is 0.326 e. The Morgan fingerprint density at radius 2 is 1.96 bits per heavy atom. The first-order valence-corrected chi connectivity index (χ1v) is 10.1. The van der Waals surface area contributed by atoms with E-state index in [0.29, 0.717) is 0 Å². The molecule has 5 nitrogen and oxygen atoms in total. The van der Waals surface area contributed by atoms with E-state index in [-0.39, 0.29) is 5.69 Å². The molecule has 0 bridgehead atoms. The Morgan fingerprint density at radius 1 is 1.11 bits per heavy atom. The largest absolute Gasteiger partial charge is 0.459 e. The fourth-order valence-corrected chi connectivity index (χ4v) is 4.39. The monoisotopic (exact) mass is 375 g/mol. The van der Waals surface area contributed by atoms with Gasteiger partial charge in [-0.25, -0.2) is 4.79 Å². The lowest BCUT2D eigenvalue weighted by Crippen LogP contribution is -2.31. The number of nitrogens with one attached hydrogen (secondary N) is 1. The molecule has 0 atom stereocenters. The molecule has 0 radical (unpaired) electrons. The van der Waals surface area contributed by atoms with E-state index in [1.54, 1.807) is 0 Å². The molecular formula is C23H25N3O2. The summed E-state index contributed by atoms with van der Waals surface area (Å²) in [5, 5.41) is 1.29. The summed E-state index contributed by atoms with van der Waals surface area (Å²) < 4.78 is 7.97. The quantitative estimate of drug-likeness (QED) is 0.531. The zero-order valence-corrected chi connectivity index (χ0v) is 16.2. The van der Waals surface area contributed by atoms with Crippen LogP contribution in [0.1, 0.15) is 29.7 Å². The number of imidazole rings is 1. The summed E-state index contributed by atoms with van der Waals surface area (Å²) in [5.74, 6) is 1.12. The van der Waals surface area contributed by atoms with Crippen LogP contribution >= 0.6 is 0 Å². The molecule has 0 saturated carbocycles. The van der Waals surface area contributed by atoms with Crippen molar-refractivity contribution in [2.45, 2.75) is 39.3 Å². The Labute approximate surface area is 163 Å². The Balaban J connectivity index is 1.21. The third kappa shape index (κ3) is 3.06. The molecule has 28 heavy (non-hydrogen) atoms. The maximum atomic E-state index is 12.2. The van der Waals surface area contributed by atoms with Gasteiger partial charge >= 0.3 is 5.69 Å². The minimum absolute atomic E-state index is 0.0126. The lowest BCUT2D eigenvalue weighted by Gasteiger charge is -2.25. The maximum absolute atomic E-state index is 12.2. The van der Waals surface area contributed by atoms with Gasteiger partial charge in [-0.05, 0) is 57.0 Å². The number of benzene rings is 2. The van der Waals surface area contributed by atoms with E-state index in [0.717, 1.165) is 67.8 Å². The molecule has 0 fully saturated rings. The SMILES string of the molecule is Cc1ccc2oc3c(c2c1)CCN(CCCCn1c(=O)[nH]c2ccccc21)C3. The molecule has 0 unspecified atom stereocenters. The fraction of sp³-hybridized carbons (Fsp3) is 0.348. The van der Waals surface area contributed by atoms with Crippen LogP contribution in [0.5, 0.6) is 0 Å². The van der Waals surface area contributed by atoms with Gasteiger partial charge in [0, 0.05) is 24.0 Å². The number of fused-ring (bicyclic) bond motifs is 4. The lowest BCUT2D eigenvalue weighted by atomic mass is 10.0. The van der Waals surface area contributed by atoms with E-state index in [9.17, 15) is 4.79 Å². The topological polar surface area (TPSA) is 54.2 Å². The van der Waals surface area contributed by atoms with Crippen molar-refractivity contribution in [1.29, 1.82) is 0 Å². The van der Waals surface area contributed by atoms with Gasteiger partial charge in [0.1, 0.15) is 11.3 Å². The van der Waals surface area contributed by atoms with E-state index in [4.69, 9.17) is 4.42 Å². The predicted octanol–water partition coefficient (Wildman–Crippen LogP) is 4.22. The van der Waals surface area contributed by atoms with Crippen molar-refractivity contribution in [3.05, 3.63) is 69.8 Å². The number of hydrogen-bond donors (Lipinski definition) is 1. The van der Waals surface area contributed by atoms with Crippen LogP contribution < -0.4 is 5.69 Å². The molecule has 1 N–H and O–H groups in total. The molecule has 3 heterocycles. The second-order valence-electron chi connectivity index (χ2n) is 7.84. The average Bonchev–Trinajstić information content (AvgIpc) is 3.21. The number of hydrogen-bond acceptors (Lipinski definition) is 3. The summed E-state index contributed by atoms with van der Waals surface area (Å²) in [4.78, 5) is 17.6. The summed E-state index contributed by atoms with van der Waals surface area (Å²) in [5.41, 5.74) is 5.58. The normalized spacial score (nSPS) is 14.8. The van der Waals surface area contributed by atoms with Gasteiger partial charge in [0.2, 0.25) is 0 Å². The Kier molecular flexibility index (Phi) is 4.32. The van der Waals surface area contributed by atoms with Crippen LogP contribution in [0, 0.1) is 6.92 Å². The van der Waals surface area contributed by atoms with Gasteiger partial charge in [-0.2, -0.15) is 0 Å². The first-order chi connectivity index (χ1) is 13.7. The van der Waals surface area contributed by atoms with Gasteiger partial charge in [0.05, 0.1) is 17.6 Å². The number of H-pyrrole nitrogens is 1. The number of aromatic nitrogens is 2. The molecule has 1 aliphatic heterocycles. The van der Waals surface area contributed by atoms with Crippen LogP contribution in [0.4, 0.5) is 0 Å². The van der Waals surface area contributed by atoms with Gasteiger partial charge in [-0.1, -0.05) is 23.8 Å². The van der Waals surface area contributed by atoms with Crippen molar-refractivity contribution in [3.8, 4) is 0 Å². The van der Waals surface area contributed by atoms with Gasteiger partial charge in [-0.15, -0.1) is 0 Å². The van der Waals surface area contributed by atoms with Crippen molar-refractivity contribution in [1.82, 2.24) is 14.5 Å². The van der Waals surface area contributed by atoms with Crippen LogP contribution in [0.25, 0.3) is 22.0 Å². The van der Waals surface area contributed by atoms with Gasteiger partial charge in [0.25, 0.3) is 0 Å². The van der Waals surface area contributed by atoms with E-state index in [2.05, 4.69) is 35.0 Å². The molecule has 0 aliphatic carbocycles. The van der Waals surface area contributed by atoms with Gasteiger partial charge < -0.3 is 9.40 Å². The van der Waals surface area contributed by atoms with E-state index < -0.39 is 0 Å².